The molecule has 2 rings (SSSR count). The van der Waals surface area contributed by atoms with Gasteiger partial charge < -0.3 is 19.5 Å². The minimum atomic E-state index is -3.02. The molecular weight excluding hydrogens is 360 g/mol. The van der Waals surface area contributed by atoms with Crippen LogP contribution in [-0.2, 0) is 9.53 Å². The molecule has 2 aromatic carbocycles. The van der Waals surface area contributed by atoms with Crippen molar-refractivity contribution in [2.45, 2.75) is 19.6 Å². The molecule has 0 heterocycles. The number of halogens is 2. The van der Waals surface area contributed by atoms with Gasteiger partial charge in [0.05, 0.1) is 18.7 Å². The fourth-order valence-electron chi connectivity index (χ4n) is 2.31. The van der Waals surface area contributed by atoms with Crippen LogP contribution < -0.4 is 14.8 Å². The molecule has 0 aromatic heterocycles. The normalized spacial score (nSPS) is 11.6. The number of amides is 1. The molecule has 0 saturated carbocycles. The van der Waals surface area contributed by atoms with Crippen LogP contribution in [0.25, 0.3) is 0 Å². The van der Waals surface area contributed by atoms with Crippen molar-refractivity contribution < 1.29 is 32.6 Å². The molecule has 1 amide bonds. The monoisotopic (exact) mass is 379 g/mol. The standard InChI is InChI=1S/C19H19F2NO5/c1-12(13-6-4-3-5-7-13)22-17(23)11-26-18(24)14-8-9-15(27-19(20)21)16(10-14)25-2/h3-10,12,19H,11H2,1-2H3,(H,22,23)/t12-/m0/s1. The van der Waals surface area contributed by atoms with Crippen LogP contribution in [0.5, 0.6) is 11.5 Å². The number of rotatable bonds is 8. The van der Waals surface area contributed by atoms with E-state index in [0.29, 0.717) is 0 Å². The van der Waals surface area contributed by atoms with Crippen LogP contribution in [0.1, 0.15) is 28.9 Å². The van der Waals surface area contributed by atoms with Gasteiger partial charge in [-0.25, -0.2) is 4.79 Å². The lowest BCUT2D eigenvalue weighted by molar-refractivity contribution is -0.124. The summed E-state index contributed by atoms with van der Waals surface area (Å²) < 4.78 is 38.8. The lowest BCUT2D eigenvalue weighted by atomic mass is 10.1. The molecular formula is C19H19F2NO5. The molecule has 27 heavy (non-hydrogen) atoms. The van der Waals surface area contributed by atoms with Crippen LogP contribution in [0.15, 0.2) is 48.5 Å². The number of benzene rings is 2. The van der Waals surface area contributed by atoms with Crippen molar-refractivity contribution in [2.24, 2.45) is 0 Å². The van der Waals surface area contributed by atoms with E-state index in [0.717, 1.165) is 5.56 Å². The highest BCUT2D eigenvalue weighted by Gasteiger charge is 2.17. The first kappa shape index (κ1) is 20.2. The Hall–Kier alpha value is -3.16. The van der Waals surface area contributed by atoms with E-state index in [1.807, 2.05) is 37.3 Å². The quantitative estimate of drug-likeness (QED) is 0.712. The lowest BCUT2D eigenvalue weighted by Crippen LogP contribution is -2.31. The van der Waals surface area contributed by atoms with Crippen molar-refractivity contribution in [1.29, 1.82) is 0 Å². The van der Waals surface area contributed by atoms with Crippen molar-refractivity contribution in [3.8, 4) is 11.5 Å². The van der Waals surface area contributed by atoms with Gasteiger partial charge in [0.25, 0.3) is 5.91 Å². The Labute approximate surface area is 155 Å². The maximum Gasteiger partial charge on any atom is 0.387 e. The highest BCUT2D eigenvalue weighted by Crippen LogP contribution is 2.29. The zero-order chi connectivity index (χ0) is 19.8. The second kappa shape index (κ2) is 9.51. The molecule has 0 radical (unpaired) electrons. The topological polar surface area (TPSA) is 73.9 Å². The van der Waals surface area contributed by atoms with Crippen molar-refractivity contribution >= 4 is 11.9 Å². The molecule has 144 valence electrons. The van der Waals surface area contributed by atoms with Crippen LogP contribution in [0.3, 0.4) is 0 Å². The number of carbonyl (C=O) groups is 2. The maximum atomic E-state index is 12.3. The number of alkyl halides is 2. The van der Waals surface area contributed by atoms with Gasteiger partial charge in [-0.2, -0.15) is 8.78 Å². The SMILES string of the molecule is COc1cc(C(=O)OCC(=O)N[C@@H](C)c2ccccc2)ccc1OC(F)F. The van der Waals surface area contributed by atoms with E-state index >= 15 is 0 Å². The highest BCUT2D eigenvalue weighted by molar-refractivity contribution is 5.92. The summed E-state index contributed by atoms with van der Waals surface area (Å²) in [6.45, 7) is -1.69. The van der Waals surface area contributed by atoms with Gasteiger partial charge in [0, 0.05) is 0 Å². The van der Waals surface area contributed by atoms with Crippen LogP contribution in [0, 0.1) is 0 Å². The van der Waals surface area contributed by atoms with Gasteiger partial charge in [-0.15, -0.1) is 0 Å². The van der Waals surface area contributed by atoms with Gasteiger partial charge in [-0.1, -0.05) is 30.3 Å². The third kappa shape index (κ3) is 5.95. The van der Waals surface area contributed by atoms with E-state index < -0.39 is 25.1 Å². The zero-order valence-electron chi connectivity index (χ0n) is 14.8. The third-order valence-corrected chi connectivity index (χ3v) is 3.63. The largest absolute Gasteiger partial charge is 0.493 e. The molecule has 2 aromatic rings. The summed E-state index contributed by atoms with van der Waals surface area (Å²) in [7, 11) is 1.25. The number of ether oxygens (including phenoxy) is 3. The predicted molar refractivity (Wildman–Crippen MR) is 92.9 cm³/mol. The highest BCUT2D eigenvalue weighted by atomic mass is 19.3. The molecule has 0 unspecified atom stereocenters. The van der Waals surface area contributed by atoms with Gasteiger partial charge in [0.2, 0.25) is 0 Å². The van der Waals surface area contributed by atoms with E-state index in [-0.39, 0.29) is 23.1 Å². The van der Waals surface area contributed by atoms with Gasteiger partial charge in [-0.3, -0.25) is 4.79 Å². The molecule has 0 aliphatic rings. The van der Waals surface area contributed by atoms with Gasteiger partial charge >= 0.3 is 12.6 Å². The van der Waals surface area contributed by atoms with Crippen LogP contribution in [0.4, 0.5) is 8.78 Å². The number of esters is 1. The number of carbonyl (C=O) groups excluding carboxylic acids is 2. The summed E-state index contributed by atoms with van der Waals surface area (Å²) in [5, 5.41) is 2.71. The minimum absolute atomic E-state index is 0.0392. The van der Waals surface area contributed by atoms with Crippen molar-refractivity contribution in [3.05, 3.63) is 59.7 Å². The molecule has 0 fully saturated rings. The fraction of sp³-hybridized carbons (Fsp3) is 0.263. The van der Waals surface area contributed by atoms with E-state index in [1.54, 1.807) is 0 Å². The Balaban J connectivity index is 1.92. The number of nitrogens with one attached hydrogen (secondary N) is 1. The van der Waals surface area contributed by atoms with Crippen LogP contribution >= 0.6 is 0 Å². The molecule has 8 heteroatoms. The average molecular weight is 379 g/mol. The summed E-state index contributed by atoms with van der Waals surface area (Å²) in [6, 6.07) is 12.7. The molecule has 0 aliphatic carbocycles. The minimum Gasteiger partial charge on any atom is -0.493 e. The van der Waals surface area contributed by atoms with Crippen molar-refractivity contribution in [1.82, 2.24) is 5.32 Å². The second-order valence-corrected chi connectivity index (χ2v) is 5.52. The first-order chi connectivity index (χ1) is 12.9. The van der Waals surface area contributed by atoms with Gasteiger partial charge in [-0.05, 0) is 30.7 Å². The Morgan fingerprint density at radius 1 is 1.07 bits per heavy atom. The summed E-state index contributed by atoms with van der Waals surface area (Å²) in [5.41, 5.74) is 0.953. The predicted octanol–water partition coefficient (Wildman–Crippen LogP) is 3.33. The molecule has 0 bridgehead atoms. The first-order valence-corrected chi connectivity index (χ1v) is 8.05. The molecule has 1 atom stereocenters. The first-order valence-electron chi connectivity index (χ1n) is 8.05. The maximum absolute atomic E-state index is 12.3. The fourth-order valence-corrected chi connectivity index (χ4v) is 2.31. The molecule has 0 aliphatic heterocycles. The van der Waals surface area contributed by atoms with Crippen LogP contribution in [-0.4, -0.2) is 32.2 Å². The lowest BCUT2D eigenvalue weighted by Gasteiger charge is -2.14. The molecule has 6 nitrogen and oxygen atoms in total. The summed E-state index contributed by atoms with van der Waals surface area (Å²) in [6.07, 6.45) is 0. The van der Waals surface area contributed by atoms with Gasteiger partial charge in [0.15, 0.2) is 18.1 Å². The molecule has 1 N–H and O–H groups in total. The van der Waals surface area contributed by atoms with E-state index in [9.17, 15) is 18.4 Å². The number of hydrogen-bond donors (Lipinski definition) is 1. The summed E-state index contributed by atoms with van der Waals surface area (Å²) in [4.78, 5) is 24.0. The molecule has 0 spiro atoms. The van der Waals surface area contributed by atoms with E-state index in [2.05, 4.69) is 10.1 Å². The average Bonchev–Trinajstić information content (AvgIpc) is 2.66. The number of methoxy groups -OCH3 is 1. The van der Waals surface area contributed by atoms with Crippen molar-refractivity contribution in [2.75, 3.05) is 13.7 Å². The molecule has 0 saturated heterocycles. The number of hydrogen-bond acceptors (Lipinski definition) is 5. The smallest absolute Gasteiger partial charge is 0.387 e. The summed E-state index contributed by atoms with van der Waals surface area (Å²) >= 11 is 0. The van der Waals surface area contributed by atoms with Crippen LogP contribution in [0.2, 0.25) is 0 Å². The Morgan fingerprint density at radius 2 is 1.78 bits per heavy atom. The Bertz CT molecular complexity index is 783. The third-order valence-electron chi connectivity index (χ3n) is 3.63. The Morgan fingerprint density at radius 3 is 2.41 bits per heavy atom. The van der Waals surface area contributed by atoms with E-state index in [4.69, 9.17) is 9.47 Å². The van der Waals surface area contributed by atoms with Crippen molar-refractivity contribution in [3.63, 3.8) is 0 Å². The second-order valence-electron chi connectivity index (χ2n) is 5.52. The van der Waals surface area contributed by atoms with Gasteiger partial charge in [0.1, 0.15) is 0 Å². The summed E-state index contributed by atoms with van der Waals surface area (Å²) in [5.74, 6) is -1.52. The zero-order valence-corrected chi connectivity index (χ0v) is 14.8. The van der Waals surface area contributed by atoms with E-state index in [1.165, 1.54) is 25.3 Å². The Kier molecular flexibility index (Phi) is 7.10.